The molecular weight excluding hydrogens is 363 g/mol. The van der Waals surface area contributed by atoms with Crippen LogP contribution in [0.1, 0.15) is 31.0 Å². The largest absolute Gasteiger partial charge is 0.496 e. The molecule has 1 atom stereocenters. The number of rotatable bonds is 4. The number of methoxy groups -OCH3 is 1. The fourth-order valence-corrected chi connectivity index (χ4v) is 4.48. The molecule has 1 aromatic carbocycles. The van der Waals surface area contributed by atoms with E-state index >= 15 is 0 Å². The lowest BCUT2D eigenvalue weighted by molar-refractivity contribution is 0.249. The first-order valence-corrected chi connectivity index (χ1v) is 9.78. The third-order valence-electron chi connectivity index (χ3n) is 5.41. The second-order valence-electron chi connectivity index (χ2n) is 6.87. The monoisotopic (exact) mass is 382 g/mol. The van der Waals surface area contributed by atoms with Crippen molar-refractivity contribution < 1.29 is 22.1 Å². The molecule has 2 heterocycles. The zero-order valence-corrected chi connectivity index (χ0v) is 15.0. The highest BCUT2D eigenvalue weighted by atomic mass is 32.2. The van der Waals surface area contributed by atoms with Crippen molar-refractivity contribution in [1.82, 2.24) is 14.4 Å². The first kappa shape index (κ1) is 17.4. The summed E-state index contributed by atoms with van der Waals surface area (Å²) >= 11 is 0. The quantitative estimate of drug-likeness (QED) is 0.861. The molecule has 1 aromatic heterocycles. The van der Waals surface area contributed by atoms with Gasteiger partial charge in [-0.25, -0.2) is 9.53 Å². The first-order valence-electron chi connectivity index (χ1n) is 8.28. The standard InChI is InChI=1S/C16H19FN4O4S/c1-24-13-3-2-10(17)8-11(13)15-19-14(20-25-15)12-9-16(12)4-6-21(7-5-16)26(18,22)23/h2-3,8,12H,4-7,9H2,1H3,(H2,18,22,23)/t12-/m0/s1. The van der Waals surface area contributed by atoms with Crippen LogP contribution in [0.5, 0.6) is 5.75 Å². The van der Waals surface area contributed by atoms with E-state index in [0.29, 0.717) is 43.1 Å². The average molecular weight is 382 g/mol. The highest BCUT2D eigenvalue weighted by Crippen LogP contribution is 2.64. The summed E-state index contributed by atoms with van der Waals surface area (Å²) in [5, 5.41) is 9.24. The van der Waals surface area contributed by atoms with Crippen molar-refractivity contribution in [2.45, 2.75) is 25.2 Å². The van der Waals surface area contributed by atoms with Crippen molar-refractivity contribution >= 4 is 10.2 Å². The van der Waals surface area contributed by atoms with Gasteiger partial charge in [0.2, 0.25) is 0 Å². The van der Waals surface area contributed by atoms with E-state index < -0.39 is 16.0 Å². The highest BCUT2D eigenvalue weighted by molar-refractivity contribution is 7.86. The molecule has 2 aliphatic rings. The van der Waals surface area contributed by atoms with Crippen molar-refractivity contribution in [2.75, 3.05) is 20.2 Å². The third kappa shape index (κ3) is 2.97. The van der Waals surface area contributed by atoms with E-state index in [2.05, 4.69) is 10.1 Å². The number of nitrogens with two attached hydrogens (primary N) is 1. The molecule has 0 bridgehead atoms. The fourth-order valence-electron chi connectivity index (χ4n) is 3.78. The molecule has 2 aromatic rings. The number of aromatic nitrogens is 2. The summed E-state index contributed by atoms with van der Waals surface area (Å²) in [7, 11) is -2.15. The van der Waals surface area contributed by atoms with Gasteiger partial charge < -0.3 is 9.26 Å². The van der Waals surface area contributed by atoms with E-state index in [-0.39, 0.29) is 17.2 Å². The number of piperidine rings is 1. The summed E-state index contributed by atoms with van der Waals surface area (Å²) in [4.78, 5) is 4.43. The molecule has 26 heavy (non-hydrogen) atoms. The summed E-state index contributed by atoms with van der Waals surface area (Å²) in [6.07, 6.45) is 2.30. The van der Waals surface area contributed by atoms with E-state index in [0.717, 1.165) is 6.42 Å². The Hall–Kier alpha value is -2.04. The normalized spacial score (nSPS) is 22.5. The van der Waals surface area contributed by atoms with Crippen molar-refractivity contribution in [3.63, 3.8) is 0 Å². The molecule has 4 rings (SSSR count). The number of benzene rings is 1. The molecule has 0 radical (unpaired) electrons. The number of nitrogens with zero attached hydrogens (tertiary/aromatic N) is 3. The smallest absolute Gasteiger partial charge is 0.276 e. The highest BCUT2D eigenvalue weighted by Gasteiger charge is 2.58. The van der Waals surface area contributed by atoms with Crippen LogP contribution in [-0.2, 0) is 10.2 Å². The molecule has 2 fully saturated rings. The van der Waals surface area contributed by atoms with Crippen LogP contribution in [0.3, 0.4) is 0 Å². The second kappa shape index (κ2) is 6.00. The lowest BCUT2D eigenvalue weighted by Crippen LogP contribution is -2.43. The lowest BCUT2D eigenvalue weighted by atomic mass is 9.92. The minimum Gasteiger partial charge on any atom is -0.496 e. The zero-order chi connectivity index (χ0) is 18.5. The van der Waals surface area contributed by atoms with Gasteiger partial charge in [0.1, 0.15) is 11.6 Å². The summed E-state index contributed by atoms with van der Waals surface area (Å²) in [6.45, 7) is 0.801. The maximum Gasteiger partial charge on any atom is 0.276 e. The van der Waals surface area contributed by atoms with E-state index in [9.17, 15) is 12.8 Å². The number of ether oxygens (including phenoxy) is 1. The van der Waals surface area contributed by atoms with Gasteiger partial charge in [0.25, 0.3) is 16.1 Å². The van der Waals surface area contributed by atoms with Crippen LogP contribution >= 0.6 is 0 Å². The topological polar surface area (TPSA) is 112 Å². The van der Waals surface area contributed by atoms with Crippen molar-refractivity contribution in [3.8, 4) is 17.2 Å². The van der Waals surface area contributed by atoms with Crippen LogP contribution in [0.15, 0.2) is 22.7 Å². The van der Waals surface area contributed by atoms with Gasteiger partial charge in [-0.1, -0.05) is 5.16 Å². The van der Waals surface area contributed by atoms with Gasteiger partial charge in [0.15, 0.2) is 5.82 Å². The first-order chi connectivity index (χ1) is 12.3. The van der Waals surface area contributed by atoms with Gasteiger partial charge in [-0.15, -0.1) is 0 Å². The van der Waals surface area contributed by atoms with Gasteiger partial charge in [-0.2, -0.15) is 17.7 Å². The Morgan fingerprint density at radius 2 is 2.12 bits per heavy atom. The number of hydrogen-bond acceptors (Lipinski definition) is 6. The van der Waals surface area contributed by atoms with Crippen LogP contribution in [-0.4, -0.2) is 43.1 Å². The molecule has 8 nitrogen and oxygen atoms in total. The van der Waals surface area contributed by atoms with Gasteiger partial charge in [-0.05, 0) is 42.9 Å². The molecular formula is C16H19FN4O4S. The Bertz CT molecular complexity index is 937. The SMILES string of the molecule is COc1ccc(F)cc1-c1nc([C@@H]2CC23CCN(S(N)(=O)=O)CC3)no1. The number of hydrogen-bond donors (Lipinski definition) is 1. The van der Waals surface area contributed by atoms with Crippen molar-refractivity contribution in [1.29, 1.82) is 0 Å². The van der Waals surface area contributed by atoms with Crippen LogP contribution in [0.2, 0.25) is 0 Å². The predicted octanol–water partition coefficient (Wildman–Crippen LogP) is 1.66. The molecule has 1 spiro atoms. The zero-order valence-electron chi connectivity index (χ0n) is 14.2. The van der Waals surface area contributed by atoms with Gasteiger partial charge >= 0.3 is 0 Å². The molecule has 1 aliphatic heterocycles. The molecule has 1 saturated heterocycles. The maximum absolute atomic E-state index is 13.6. The Morgan fingerprint density at radius 3 is 2.77 bits per heavy atom. The van der Waals surface area contributed by atoms with Crippen LogP contribution < -0.4 is 9.88 Å². The summed E-state index contributed by atoms with van der Waals surface area (Å²) in [6, 6.07) is 4.11. The molecule has 1 aliphatic carbocycles. The summed E-state index contributed by atoms with van der Waals surface area (Å²) in [5.41, 5.74) is 0.402. The minimum absolute atomic E-state index is 0.00560. The molecule has 0 unspecified atom stereocenters. The average Bonchev–Trinajstić information content (AvgIpc) is 3.07. The summed E-state index contributed by atoms with van der Waals surface area (Å²) in [5.74, 6) is 0.922. The molecule has 2 N–H and O–H groups in total. The van der Waals surface area contributed by atoms with Crippen LogP contribution in [0.4, 0.5) is 4.39 Å². The minimum atomic E-state index is -3.64. The molecule has 1 saturated carbocycles. The second-order valence-corrected chi connectivity index (χ2v) is 8.41. The molecule has 0 amide bonds. The summed E-state index contributed by atoms with van der Waals surface area (Å²) < 4.78 is 48.3. The van der Waals surface area contributed by atoms with Gasteiger partial charge in [0.05, 0.1) is 12.7 Å². The van der Waals surface area contributed by atoms with E-state index in [1.54, 1.807) is 0 Å². The lowest BCUT2D eigenvalue weighted by Gasteiger charge is -2.30. The maximum atomic E-state index is 13.6. The van der Waals surface area contributed by atoms with Gasteiger partial charge in [0, 0.05) is 19.0 Å². The Morgan fingerprint density at radius 1 is 1.38 bits per heavy atom. The van der Waals surface area contributed by atoms with Crippen molar-refractivity contribution in [3.05, 3.63) is 29.8 Å². The Kier molecular flexibility index (Phi) is 4.01. The Labute approximate surface area is 150 Å². The molecule has 10 heteroatoms. The fraction of sp³-hybridized carbons (Fsp3) is 0.500. The van der Waals surface area contributed by atoms with Gasteiger partial charge in [-0.3, -0.25) is 0 Å². The predicted molar refractivity (Wildman–Crippen MR) is 89.9 cm³/mol. The Balaban J connectivity index is 1.52. The van der Waals surface area contributed by atoms with Crippen LogP contribution in [0.25, 0.3) is 11.5 Å². The number of halogens is 1. The van der Waals surface area contributed by atoms with E-state index in [1.807, 2.05) is 0 Å². The molecule has 140 valence electrons. The van der Waals surface area contributed by atoms with E-state index in [4.69, 9.17) is 14.4 Å². The van der Waals surface area contributed by atoms with Crippen molar-refractivity contribution in [2.24, 2.45) is 10.6 Å². The van der Waals surface area contributed by atoms with E-state index in [1.165, 1.54) is 29.6 Å². The van der Waals surface area contributed by atoms with Crippen LogP contribution in [0, 0.1) is 11.2 Å². The third-order valence-corrected chi connectivity index (χ3v) is 6.50.